The van der Waals surface area contributed by atoms with Crippen molar-refractivity contribution in [2.24, 2.45) is 5.92 Å². The molecule has 0 aromatic heterocycles. The SMILES string of the molecule is C[C@H](/C=C/C(=O)NO)[C@H](OC(=O)Nc1ccc2c(c1)OCO2)c1ccc(O)cc1. The van der Waals surface area contributed by atoms with Crippen molar-refractivity contribution in [3.63, 3.8) is 0 Å². The quantitative estimate of drug-likeness (QED) is 0.333. The van der Waals surface area contributed by atoms with Crippen LogP contribution in [0, 0.1) is 5.92 Å². The lowest BCUT2D eigenvalue weighted by molar-refractivity contribution is -0.124. The van der Waals surface area contributed by atoms with Gasteiger partial charge in [0.1, 0.15) is 11.9 Å². The summed E-state index contributed by atoms with van der Waals surface area (Å²) in [4.78, 5) is 23.7. The van der Waals surface area contributed by atoms with E-state index in [1.165, 1.54) is 23.7 Å². The molecule has 0 unspecified atom stereocenters. The third-order valence-electron chi connectivity index (χ3n) is 4.21. The molecule has 152 valence electrons. The Bertz CT molecular complexity index is 912. The number of fused-ring (bicyclic) bond motifs is 1. The molecule has 0 saturated carbocycles. The molecule has 0 bridgehead atoms. The van der Waals surface area contributed by atoms with E-state index in [1.54, 1.807) is 37.3 Å². The highest BCUT2D eigenvalue weighted by atomic mass is 16.7. The van der Waals surface area contributed by atoms with Crippen LogP contribution in [0.1, 0.15) is 18.6 Å². The fourth-order valence-corrected chi connectivity index (χ4v) is 2.76. The lowest BCUT2D eigenvalue weighted by Gasteiger charge is -2.23. The fraction of sp³-hybridized carbons (Fsp3) is 0.200. The minimum absolute atomic E-state index is 0.0696. The van der Waals surface area contributed by atoms with Crippen LogP contribution >= 0.6 is 0 Å². The summed E-state index contributed by atoms with van der Waals surface area (Å²) in [5.74, 6) is 0.0571. The van der Waals surface area contributed by atoms with Gasteiger partial charge in [-0.25, -0.2) is 10.3 Å². The molecule has 2 atom stereocenters. The number of amides is 2. The first-order valence-corrected chi connectivity index (χ1v) is 8.74. The van der Waals surface area contributed by atoms with Gasteiger partial charge in [0.05, 0.1) is 0 Å². The van der Waals surface area contributed by atoms with Gasteiger partial charge in [0.25, 0.3) is 5.91 Å². The molecule has 0 radical (unpaired) electrons. The predicted molar refractivity (Wildman–Crippen MR) is 102 cm³/mol. The van der Waals surface area contributed by atoms with Crippen LogP contribution in [-0.2, 0) is 9.53 Å². The first kappa shape index (κ1) is 20.0. The Morgan fingerprint density at radius 3 is 2.59 bits per heavy atom. The minimum Gasteiger partial charge on any atom is -0.508 e. The number of rotatable bonds is 6. The van der Waals surface area contributed by atoms with E-state index in [1.807, 2.05) is 0 Å². The summed E-state index contributed by atoms with van der Waals surface area (Å²) < 4.78 is 16.1. The van der Waals surface area contributed by atoms with Gasteiger partial charge in [0, 0.05) is 23.7 Å². The summed E-state index contributed by atoms with van der Waals surface area (Å²) in [7, 11) is 0. The third-order valence-corrected chi connectivity index (χ3v) is 4.21. The lowest BCUT2D eigenvalue weighted by atomic mass is 9.96. The van der Waals surface area contributed by atoms with E-state index in [-0.39, 0.29) is 12.5 Å². The normalized spacial score (nSPS) is 14.3. The second-order valence-corrected chi connectivity index (χ2v) is 6.30. The Balaban J connectivity index is 1.74. The van der Waals surface area contributed by atoms with Crippen LogP contribution in [0.4, 0.5) is 10.5 Å². The third kappa shape index (κ3) is 5.17. The number of carbonyl (C=O) groups excluding carboxylic acids is 2. The zero-order valence-corrected chi connectivity index (χ0v) is 15.5. The summed E-state index contributed by atoms with van der Waals surface area (Å²) >= 11 is 0. The smallest absolute Gasteiger partial charge is 0.412 e. The lowest BCUT2D eigenvalue weighted by Crippen LogP contribution is -2.22. The van der Waals surface area contributed by atoms with Crippen molar-refractivity contribution in [1.29, 1.82) is 0 Å². The molecule has 9 heteroatoms. The maximum Gasteiger partial charge on any atom is 0.412 e. The van der Waals surface area contributed by atoms with E-state index in [2.05, 4.69) is 5.32 Å². The van der Waals surface area contributed by atoms with E-state index in [9.17, 15) is 14.7 Å². The van der Waals surface area contributed by atoms with Gasteiger partial charge in [-0.2, -0.15) is 0 Å². The number of anilines is 1. The maximum absolute atomic E-state index is 12.5. The highest BCUT2D eigenvalue weighted by Crippen LogP contribution is 2.34. The van der Waals surface area contributed by atoms with Crippen LogP contribution in [0.2, 0.25) is 0 Å². The van der Waals surface area contributed by atoms with Gasteiger partial charge in [-0.05, 0) is 29.8 Å². The molecule has 0 fully saturated rings. The number of aromatic hydroxyl groups is 1. The summed E-state index contributed by atoms with van der Waals surface area (Å²) in [6.45, 7) is 1.87. The molecule has 29 heavy (non-hydrogen) atoms. The van der Waals surface area contributed by atoms with Gasteiger partial charge in [-0.15, -0.1) is 0 Å². The van der Waals surface area contributed by atoms with Crippen LogP contribution in [0.3, 0.4) is 0 Å². The predicted octanol–water partition coefficient (Wildman–Crippen LogP) is 3.11. The van der Waals surface area contributed by atoms with Crippen molar-refractivity contribution in [2.75, 3.05) is 12.1 Å². The number of nitrogens with one attached hydrogen (secondary N) is 2. The highest BCUT2D eigenvalue weighted by Gasteiger charge is 2.23. The Hall–Kier alpha value is -3.72. The summed E-state index contributed by atoms with van der Waals surface area (Å²) in [6, 6.07) is 11.1. The molecule has 1 aliphatic rings. The van der Waals surface area contributed by atoms with Gasteiger partial charge < -0.3 is 19.3 Å². The molecule has 2 aromatic carbocycles. The van der Waals surface area contributed by atoms with Crippen molar-refractivity contribution in [1.82, 2.24) is 5.48 Å². The Morgan fingerprint density at radius 1 is 1.14 bits per heavy atom. The van der Waals surface area contributed by atoms with Gasteiger partial charge in [-0.3, -0.25) is 15.3 Å². The van der Waals surface area contributed by atoms with Crippen LogP contribution in [-0.4, -0.2) is 29.1 Å². The van der Waals surface area contributed by atoms with Crippen molar-refractivity contribution >= 4 is 17.7 Å². The molecule has 0 spiro atoms. The standard InChI is InChI=1S/C20H20N2O7/c1-12(2-9-18(24)22-26)19(13-3-6-15(23)7-4-13)29-20(25)21-14-5-8-16-17(10-14)28-11-27-16/h2-10,12,19,23,26H,11H2,1H3,(H,21,25)(H,22,24)/b9-2+/t12-,19+/m1/s1. The van der Waals surface area contributed by atoms with E-state index in [0.29, 0.717) is 22.7 Å². The first-order valence-electron chi connectivity index (χ1n) is 8.74. The number of hydrogen-bond acceptors (Lipinski definition) is 7. The second kappa shape index (κ2) is 8.98. The summed E-state index contributed by atoms with van der Waals surface area (Å²) in [6.07, 6.45) is 1.16. The average Bonchev–Trinajstić information content (AvgIpc) is 3.18. The number of benzene rings is 2. The van der Waals surface area contributed by atoms with Crippen molar-refractivity contribution in [3.8, 4) is 17.2 Å². The summed E-state index contributed by atoms with van der Waals surface area (Å²) in [5.41, 5.74) is 2.58. The molecule has 0 saturated heterocycles. The molecule has 9 nitrogen and oxygen atoms in total. The number of carbonyl (C=O) groups is 2. The first-order chi connectivity index (χ1) is 14.0. The Morgan fingerprint density at radius 2 is 1.86 bits per heavy atom. The van der Waals surface area contributed by atoms with E-state index in [0.717, 1.165) is 6.08 Å². The molecule has 0 aliphatic carbocycles. The largest absolute Gasteiger partial charge is 0.508 e. The molecule has 4 N–H and O–H groups in total. The number of hydrogen-bond donors (Lipinski definition) is 4. The Kier molecular flexibility index (Phi) is 6.20. The van der Waals surface area contributed by atoms with E-state index >= 15 is 0 Å². The monoisotopic (exact) mass is 400 g/mol. The number of ether oxygens (including phenoxy) is 3. The molecule has 1 aliphatic heterocycles. The molecule has 1 heterocycles. The van der Waals surface area contributed by atoms with E-state index < -0.39 is 24.0 Å². The average molecular weight is 400 g/mol. The van der Waals surface area contributed by atoms with Crippen LogP contribution in [0.25, 0.3) is 0 Å². The maximum atomic E-state index is 12.5. The van der Waals surface area contributed by atoms with Crippen molar-refractivity contribution in [2.45, 2.75) is 13.0 Å². The van der Waals surface area contributed by atoms with Gasteiger partial charge in [0.15, 0.2) is 11.5 Å². The number of phenolic OH excluding ortho intramolecular Hbond substituents is 1. The zero-order chi connectivity index (χ0) is 20.8. The fourth-order valence-electron chi connectivity index (χ4n) is 2.76. The molecule has 2 amide bonds. The van der Waals surface area contributed by atoms with Crippen LogP contribution in [0.5, 0.6) is 17.2 Å². The zero-order valence-electron chi connectivity index (χ0n) is 15.5. The minimum atomic E-state index is -0.757. The summed E-state index contributed by atoms with van der Waals surface area (Å²) in [5, 5.41) is 20.7. The number of phenols is 1. The van der Waals surface area contributed by atoms with Crippen LogP contribution < -0.4 is 20.3 Å². The van der Waals surface area contributed by atoms with Gasteiger partial charge in [-0.1, -0.05) is 25.1 Å². The second-order valence-electron chi connectivity index (χ2n) is 6.30. The molecule has 2 aromatic rings. The topological polar surface area (TPSA) is 126 Å². The molecular weight excluding hydrogens is 380 g/mol. The Labute approximate surface area is 166 Å². The van der Waals surface area contributed by atoms with Crippen molar-refractivity contribution in [3.05, 3.63) is 60.2 Å². The molecular formula is C20H20N2O7. The highest BCUT2D eigenvalue weighted by molar-refractivity contribution is 5.86. The van der Waals surface area contributed by atoms with Crippen molar-refractivity contribution < 1.29 is 34.1 Å². The number of hydroxylamine groups is 1. The van der Waals surface area contributed by atoms with Gasteiger partial charge >= 0.3 is 6.09 Å². The van der Waals surface area contributed by atoms with E-state index in [4.69, 9.17) is 19.4 Å². The van der Waals surface area contributed by atoms with Gasteiger partial charge in [0.2, 0.25) is 6.79 Å². The molecule has 3 rings (SSSR count). The van der Waals surface area contributed by atoms with Crippen LogP contribution in [0.15, 0.2) is 54.6 Å².